The Bertz CT molecular complexity index is 1730. The maximum Gasteiger partial charge on any atom is 0.257 e. The number of carbonyl (C=O) groups excluding carboxylic acids is 3. The molecule has 1 aromatic heterocycles. The minimum atomic E-state index is -2.98. The lowest BCUT2D eigenvalue weighted by Gasteiger charge is -2.39. The highest BCUT2D eigenvalue weighted by molar-refractivity contribution is 6.31. The van der Waals surface area contributed by atoms with Crippen LogP contribution in [-0.4, -0.2) is 51.9 Å². The predicted molar refractivity (Wildman–Crippen MR) is 151 cm³/mol. The van der Waals surface area contributed by atoms with Crippen LogP contribution in [0.3, 0.4) is 0 Å². The Balaban J connectivity index is 1.67. The molecule has 2 heterocycles. The molecule has 2 fully saturated rings. The number of nitriles is 1. The van der Waals surface area contributed by atoms with Crippen LogP contribution >= 0.6 is 11.6 Å². The normalized spacial score (nSPS) is 19.8. The Kier molecular flexibility index (Phi) is 8.28. The van der Waals surface area contributed by atoms with E-state index < -0.39 is 73.0 Å². The Hall–Kier alpha value is -4.98. The molecule has 224 valence electrons. The summed E-state index contributed by atoms with van der Waals surface area (Å²) in [6.45, 7) is 7.40. The van der Waals surface area contributed by atoms with Crippen LogP contribution in [0.4, 0.5) is 30.4 Å². The van der Waals surface area contributed by atoms with E-state index >= 15 is 0 Å². The van der Waals surface area contributed by atoms with Crippen molar-refractivity contribution in [2.75, 3.05) is 9.80 Å². The average molecular weight is 623 g/mol. The molecule has 1 saturated carbocycles. The minimum absolute atomic E-state index is 0.00831. The van der Waals surface area contributed by atoms with Crippen molar-refractivity contribution in [2.24, 2.45) is 0 Å². The second kappa shape index (κ2) is 12.0. The number of carbonyl (C=O) groups is 3. The second-order valence-electron chi connectivity index (χ2n) is 10.4. The fourth-order valence-corrected chi connectivity index (χ4v) is 5.54. The van der Waals surface area contributed by atoms with E-state index in [2.05, 4.69) is 15.1 Å². The van der Waals surface area contributed by atoms with E-state index in [-0.39, 0.29) is 33.3 Å². The van der Waals surface area contributed by atoms with E-state index in [0.717, 1.165) is 28.0 Å². The number of halogens is 4. The number of aliphatic hydroxyl groups excluding tert-OH is 1. The van der Waals surface area contributed by atoms with Gasteiger partial charge < -0.3 is 10.4 Å². The Labute approximate surface area is 254 Å². The van der Waals surface area contributed by atoms with E-state index in [0.29, 0.717) is 0 Å². The van der Waals surface area contributed by atoms with Crippen molar-refractivity contribution in [1.29, 1.82) is 5.26 Å². The van der Waals surface area contributed by atoms with Crippen molar-refractivity contribution in [3.8, 4) is 6.07 Å². The molecule has 1 aliphatic carbocycles. The molecule has 1 saturated heterocycles. The molecule has 3 aromatic rings. The highest BCUT2D eigenvalue weighted by Crippen LogP contribution is 2.40. The van der Waals surface area contributed by atoms with Gasteiger partial charge in [0.25, 0.3) is 17.7 Å². The van der Waals surface area contributed by atoms with Gasteiger partial charge in [0.1, 0.15) is 29.8 Å². The molecular formula is C30H22ClF3N6O4. The van der Waals surface area contributed by atoms with Crippen molar-refractivity contribution < 1.29 is 32.7 Å². The molecule has 0 spiro atoms. The number of aromatic nitrogens is 1. The first kappa shape index (κ1) is 30.5. The van der Waals surface area contributed by atoms with Crippen LogP contribution in [0.5, 0.6) is 0 Å². The third-order valence-electron chi connectivity index (χ3n) is 7.34. The monoisotopic (exact) mass is 622 g/mol. The lowest BCUT2D eigenvalue weighted by molar-refractivity contribution is -0.133. The predicted octanol–water partition coefficient (Wildman–Crippen LogP) is 4.45. The molecule has 3 atom stereocenters. The summed E-state index contributed by atoms with van der Waals surface area (Å²) in [6, 6.07) is 9.22. The fourth-order valence-electron chi connectivity index (χ4n) is 5.30. The zero-order chi connectivity index (χ0) is 31.8. The first-order chi connectivity index (χ1) is 20.9. The standard InChI is InChI=1S/C30H22ClF3N6O4/c1-36-18-9-17(32)10-20(11-18)39(26(21-4-2-3-5-22(21)31)27(42)38-19-13-30(33,34)14-19)28(43)23-12-24(41)29(44)40(23)25-8-16(15-35)6-7-37-25/h2-11,19,23-24,26,41H,12-14H2,(H,38,42)/t23-,24+,26+/m0/s1. The van der Waals surface area contributed by atoms with Crippen LogP contribution in [0.1, 0.15) is 36.4 Å². The number of anilines is 2. The van der Waals surface area contributed by atoms with Gasteiger partial charge in [-0.2, -0.15) is 5.26 Å². The molecule has 0 unspecified atom stereocenters. The number of amides is 3. The summed E-state index contributed by atoms with van der Waals surface area (Å²) in [7, 11) is 0. The molecule has 14 heteroatoms. The van der Waals surface area contributed by atoms with E-state index in [4.69, 9.17) is 18.2 Å². The van der Waals surface area contributed by atoms with Crippen LogP contribution < -0.4 is 15.1 Å². The van der Waals surface area contributed by atoms with Crippen LogP contribution in [0.2, 0.25) is 5.02 Å². The molecular weight excluding hydrogens is 601 g/mol. The number of alkyl halides is 2. The van der Waals surface area contributed by atoms with Crippen molar-refractivity contribution >= 4 is 46.5 Å². The van der Waals surface area contributed by atoms with Gasteiger partial charge in [0.05, 0.1) is 18.2 Å². The molecule has 0 radical (unpaired) electrons. The van der Waals surface area contributed by atoms with Crippen molar-refractivity contribution in [2.45, 2.75) is 49.4 Å². The van der Waals surface area contributed by atoms with Crippen molar-refractivity contribution in [1.82, 2.24) is 10.3 Å². The molecule has 2 N–H and O–H groups in total. The number of benzene rings is 2. The number of rotatable bonds is 7. The Morgan fingerprint density at radius 1 is 1.23 bits per heavy atom. The summed E-state index contributed by atoms with van der Waals surface area (Å²) in [5, 5.41) is 22.4. The highest BCUT2D eigenvalue weighted by Gasteiger charge is 2.50. The summed E-state index contributed by atoms with van der Waals surface area (Å²) in [6.07, 6.45) is -2.18. The summed E-state index contributed by atoms with van der Waals surface area (Å²) < 4.78 is 42.1. The Morgan fingerprint density at radius 2 is 1.95 bits per heavy atom. The summed E-state index contributed by atoms with van der Waals surface area (Å²) in [5.74, 6) is -6.89. The first-order valence-corrected chi connectivity index (χ1v) is 13.6. The van der Waals surface area contributed by atoms with E-state index in [1.54, 1.807) is 6.07 Å². The van der Waals surface area contributed by atoms with Crippen LogP contribution in [0.25, 0.3) is 4.85 Å². The molecule has 10 nitrogen and oxygen atoms in total. The summed E-state index contributed by atoms with van der Waals surface area (Å²) >= 11 is 6.48. The van der Waals surface area contributed by atoms with Gasteiger partial charge in [-0.1, -0.05) is 29.8 Å². The van der Waals surface area contributed by atoms with E-state index in [1.165, 1.54) is 36.5 Å². The SMILES string of the molecule is [C-]#[N+]c1cc(F)cc(N(C(=O)[C@@H]2C[C@@H](O)C(=O)N2c2cc(C#N)ccn2)[C@@H](C(=O)NC2CC(F)(F)C2)c2ccccc2Cl)c1. The van der Waals surface area contributed by atoms with Crippen molar-refractivity contribution in [3.63, 3.8) is 0 Å². The van der Waals surface area contributed by atoms with Gasteiger partial charge in [-0.25, -0.2) is 23.0 Å². The lowest BCUT2D eigenvalue weighted by Crippen LogP contribution is -2.56. The molecule has 0 bridgehead atoms. The molecule has 1 aliphatic heterocycles. The zero-order valence-corrected chi connectivity index (χ0v) is 23.4. The van der Waals surface area contributed by atoms with Gasteiger partial charge in [0.15, 0.2) is 5.69 Å². The number of aliphatic hydroxyl groups is 1. The van der Waals surface area contributed by atoms with Crippen LogP contribution in [0.15, 0.2) is 60.8 Å². The number of pyridine rings is 1. The Morgan fingerprint density at radius 3 is 2.61 bits per heavy atom. The van der Waals surface area contributed by atoms with Gasteiger partial charge in [0.2, 0.25) is 5.91 Å². The first-order valence-electron chi connectivity index (χ1n) is 13.2. The van der Waals surface area contributed by atoms with Gasteiger partial charge in [0, 0.05) is 47.8 Å². The summed E-state index contributed by atoms with van der Waals surface area (Å²) in [5.41, 5.74) is -0.351. The zero-order valence-electron chi connectivity index (χ0n) is 22.6. The maximum atomic E-state index is 14.8. The number of hydrogen-bond acceptors (Lipinski definition) is 6. The number of nitrogens with one attached hydrogen (secondary N) is 1. The van der Waals surface area contributed by atoms with Crippen LogP contribution in [-0.2, 0) is 14.4 Å². The van der Waals surface area contributed by atoms with Crippen molar-refractivity contribution in [3.05, 3.63) is 94.2 Å². The molecule has 44 heavy (non-hydrogen) atoms. The van der Waals surface area contributed by atoms with Gasteiger partial charge in [-0.05, 0) is 36.4 Å². The van der Waals surface area contributed by atoms with E-state index in [1.807, 2.05) is 6.07 Å². The quantitative estimate of drug-likeness (QED) is 0.375. The lowest BCUT2D eigenvalue weighted by atomic mass is 9.87. The third kappa shape index (κ3) is 5.93. The average Bonchev–Trinajstić information content (AvgIpc) is 3.28. The largest absolute Gasteiger partial charge is 0.383 e. The molecule has 5 rings (SSSR count). The van der Waals surface area contributed by atoms with Crippen LogP contribution in [0, 0.1) is 23.7 Å². The van der Waals surface area contributed by atoms with Gasteiger partial charge >= 0.3 is 0 Å². The third-order valence-corrected chi connectivity index (χ3v) is 7.69. The number of nitrogens with zero attached hydrogens (tertiary/aromatic N) is 5. The topological polar surface area (TPSA) is 131 Å². The van der Waals surface area contributed by atoms with Gasteiger partial charge in [-0.3, -0.25) is 24.2 Å². The van der Waals surface area contributed by atoms with E-state index in [9.17, 15) is 37.9 Å². The smallest absolute Gasteiger partial charge is 0.257 e. The molecule has 2 aromatic carbocycles. The fraction of sp³-hybridized carbons (Fsp3) is 0.267. The maximum absolute atomic E-state index is 14.8. The second-order valence-corrected chi connectivity index (χ2v) is 10.8. The molecule has 2 aliphatic rings. The highest BCUT2D eigenvalue weighted by atomic mass is 35.5. The van der Waals surface area contributed by atoms with Gasteiger partial charge in [-0.15, -0.1) is 0 Å². The minimum Gasteiger partial charge on any atom is -0.383 e. The molecule has 3 amide bonds. The number of hydrogen-bond donors (Lipinski definition) is 2. The summed E-state index contributed by atoms with van der Waals surface area (Å²) in [4.78, 5) is 50.6.